The van der Waals surface area contributed by atoms with Crippen LogP contribution in [0.15, 0.2) is 0 Å². The Balaban J connectivity index is 2.12. The van der Waals surface area contributed by atoms with Gasteiger partial charge in [-0.3, -0.25) is 4.79 Å². The quantitative estimate of drug-likeness (QED) is 0.597. The maximum atomic E-state index is 10.9. The Morgan fingerprint density at radius 2 is 1.83 bits per heavy atom. The van der Waals surface area contributed by atoms with Crippen molar-refractivity contribution in [3.63, 3.8) is 0 Å². The van der Waals surface area contributed by atoms with Gasteiger partial charge >= 0.3 is 5.97 Å². The molecule has 1 atom stereocenters. The summed E-state index contributed by atoms with van der Waals surface area (Å²) in [6, 6.07) is 0. The maximum absolute atomic E-state index is 10.9. The molecule has 106 valence electrons. The average Bonchev–Trinajstić information content (AvgIpc) is 2.76. The van der Waals surface area contributed by atoms with E-state index in [4.69, 9.17) is 9.84 Å². The Morgan fingerprint density at radius 3 is 2.39 bits per heavy atom. The van der Waals surface area contributed by atoms with Gasteiger partial charge in [-0.15, -0.1) is 0 Å². The Bertz CT molecular complexity index is 232. The van der Waals surface area contributed by atoms with Crippen molar-refractivity contribution in [2.45, 2.75) is 83.2 Å². The minimum Gasteiger partial charge on any atom is -0.481 e. The second kappa shape index (κ2) is 8.52. The molecular weight excluding hydrogens is 228 g/mol. The van der Waals surface area contributed by atoms with Crippen molar-refractivity contribution < 1.29 is 14.6 Å². The summed E-state index contributed by atoms with van der Waals surface area (Å²) in [5.74, 6) is -0.722. The molecule has 0 aromatic carbocycles. The highest BCUT2D eigenvalue weighted by atomic mass is 16.5. The highest BCUT2D eigenvalue weighted by Gasteiger charge is 2.36. The van der Waals surface area contributed by atoms with Crippen molar-refractivity contribution in [1.82, 2.24) is 0 Å². The molecule has 0 saturated carbocycles. The van der Waals surface area contributed by atoms with Crippen LogP contribution in [0.3, 0.4) is 0 Å². The first-order valence-electron chi connectivity index (χ1n) is 7.54. The predicted octanol–water partition coefficient (Wildman–Crippen LogP) is 4.15. The van der Waals surface area contributed by atoms with Crippen molar-refractivity contribution in [2.24, 2.45) is 0 Å². The summed E-state index contributed by atoms with van der Waals surface area (Å²) in [5, 5.41) is 8.96. The van der Waals surface area contributed by atoms with Crippen molar-refractivity contribution in [3.8, 4) is 0 Å². The molecule has 1 aliphatic heterocycles. The molecule has 3 nitrogen and oxygen atoms in total. The summed E-state index contributed by atoms with van der Waals surface area (Å²) in [4.78, 5) is 10.9. The van der Waals surface area contributed by atoms with Gasteiger partial charge in [0.15, 0.2) is 0 Å². The van der Waals surface area contributed by atoms with Gasteiger partial charge in [-0.1, -0.05) is 51.9 Å². The van der Waals surface area contributed by atoms with Crippen LogP contribution in [0.2, 0.25) is 0 Å². The van der Waals surface area contributed by atoms with Gasteiger partial charge in [0.05, 0.1) is 12.0 Å². The number of carboxylic acid groups (broad SMARTS) is 1. The zero-order chi connectivity index (χ0) is 13.3. The summed E-state index contributed by atoms with van der Waals surface area (Å²) >= 11 is 0. The molecule has 1 heterocycles. The number of rotatable bonds is 10. The lowest BCUT2D eigenvalue weighted by Gasteiger charge is -2.26. The smallest absolute Gasteiger partial charge is 0.306 e. The van der Waals surface area contributed by atoms with Gasteiger partial charge in [0.1, 0.15) is 0 Å². The molecule has 18 heavy (non-hydrogen) atoms. The lowest BCUT2D eigenvalue weighted by atomic mass is 9.89. The molecule has 1 aliphatic rings. The van der Waals surface area contributed by atoms with Crippen molar-refractivity contribution in [1.29, 1.82) is 0 Å². The molecular formula is C15H28O3. The Morgan fingerprint density at radius 1 is 1.17 bits per heavy atom. The summed E-state index contributed by atoms with van der Waals surface area (Å²) in [6.45, 7) is 2.97. The lowest BCUT2D eigenvalue weighted by Crippen LogP contribution is -2.30. The van der Waals surface area contributed by atoms with Crippen LogP contribution in [-0.2, 0) is 9.53 Å². The van der Waals surface area contributed by atoms with Crippen molar-refractivity contribution in [2.75, 3.05) is 6.61 Å². The van der Waals surface area contributed by atoms with Gasteiger partial charge in [-0.25, -0.2) is 0 Å². The van der Waals surface area contributed by atoms with Gasteiger partial charge in [0, 0.05) is 6.61 Å². The molecule has 1 N–H and O–H groups in total. The zero-order valence-electron chi connectivity index (χ0n) is 11.7. The third kappa shape index (κ3) is 5.85. The lowest BCUT2D eigenvalue weighted by molar-refractivity contribution is -0.143. The third-order valence-electron chi connectivity index (χ3n) is 3.89. The minimum atomic E-state index is -0.722. The molecule has 1 unspecified atom stereocenters. The van der Waals surface area contributed by atoms with Crippen LogP contribution in [0, 0.1) is 0 Å². The normalized spacial score (nSPS) is 23.4. The van der Waals surface area contributed by atoms with Gasteiger partial charge in [-0.2, -0.15) is 0 Å². The molecule has 0 aliphatic carbocycles. The van der Waals surface area contributed by atoms with E-state index in [1.165, 1.54) is 38.5 Å². The number of ether oxygens (including phenoxy) is 1. The van der Waals surface area contributed by atoms with Gasteiger partial charge in [0.2, 0.25) is 0 Å². The first-order valence-corrected chi connectivity index (χ1v) is 7.54. The Kier molecular flexibility index (Phi) is 7.33. The number of aliphatic carboxylic acids is 1. The van der Waals surface area contributed by atoms with E-state index in [1.807, 2.05) is 0 Å². The molecule has 0 spiro atoms. The highest BCUT2D eigenvalue weighted by molar-refractivity contribution is 5.68. The fourth-order valence-electron chi connectivity index (χ4n) is 2.86. The highest BCUT2D eigenvalue weighted by Crippen LogP contribution is 2.34. The topological polar surface area (TPSA) is 46.5 Å². The first kappa shape index (κ1) is 15.5. The molecule has 3 heteroatoms. The van der Waals surface area contributed by atoms with Crippen LogP contribution in [0.4, 0.5) is 0 Å². The maximum Gasteiger partial charge on any atom is 0.306 e. The first-order chi connectivity index (χ1) is 8.68. The van der Waals surface area contributed by atoms with Crippen LogP contribution < -0.4 is 0 Å². The fourth-order valence-corrected chi connectivity index (χ4v) is 2.86. The summed E-state index contributed by atoms with van der Waals surface area (Å²) in [6.07, 6.45) is 11.9. The SMILES string of the molecule is CCCCCCCCCC1(CC(=O)O)CCCO1. The Labute approximate surface area is 111 Å². The standard InChI is InChI=1S/C15H28O3/c1-2-3-4-5-6-7-8-10-15(13-14(16)17)11-9-12-18-15/h2-13H2,1H3,(H,16,17). The van der Waals surface area contributed by atoms with E-state index in [0.717, 1.165) is 32.3 Å². The van der Waals surface area contributed by atoms with Gasteiger partial charge in [0.25, 0.3) is 0 Å². The molecule has 0 radical (unpaired) electrons. The third-order valence-corrected chi connectivity index (χ3v) is 3.89. The van der Waals surface area contributed by atoms with E-state index in [-0.39, 0.29) is 12.0 Å². The van der Waals surface area contributed by atoms with E-state index in [9.17, 15) is 4.79 Å². The number of hydrogen-bond acceptors (Lipinski definition) is 2. The van der Waals surface area contributed by atoms with E-state index in [2.05, 4.69) is 6.92 Å². The van der Waals surface area contributed by atoms with E-state index in [0.29, 0.717) is 0 Å². The second-order valence-electron chi connectivity index (χ2n) is 5.58. The molecule has 1 rings (SSSR count). The summed E-state index contributed by atoms with van der Waals surface area (Å²) in [7, 11) is 0. The van der Waals surface area contributed by atoms with E-state index < -0.39 is 5.97 Å². The van der Waals surface area contributed by atoms with Gasteiger partial charge in [-0.05, 0) is 19.3 Å². The van der Waals surface area contributed by atoms with Crippen molar-refractivity contribution in [3.05, 3.63) is 0 Å². The minimum absolute atomic E-state index is 0.183. The summed E-state index contributed by atoms with van der Waals surface area (Å²) in [5.41, 5.74) is -0.338. The number of carboxylic acids is 1. The fraction of sp³-hybridized carbons (Fsp3) is 0.933. The van der Waals surface area contributed by atoms with Crippen LogP contribution in [-0.4, -0.2) is 23.3 Å². The van der Waals surface area contributed by atoms with Crippen LogP contribution in [0.5, 0.6) is 0 Å². The van der Waals surface area contributed by atoms with Crippen LogP contribution in [0.1, 0.15) is 77.6 Å². The predicted molar refractivity (Wildman–Crippen MR) is 72.8 cm³/mol. The average molecular weight is 256 g/mol. The zero-order valence-corrected chi connectivity index (χ0v) is 11.7. The summed E-state index contributed by atoms with van der Waals surface area (Å²) < 4.78 is 5.72. The number of hydrogen-bond donors (Lipinski definition) is 1. The molecule has 0 aromatic heterocycles. The second-order valence-corrected chi connectivity index (χ2v) is 5.58. The van der Waals surface area contributed by atoms with Gasteiger partial charge < -0.3 is 9.84 Å². The van der Waals surface area contributed by atoms with Crippen LogP contribution >= 0.6 is 0 Å². The molecule has 0 bridgehead atoms. The van der Waals surface area contributed by atoms with E-state index >= 15 is 0 Å². The van der Waals surface area contributed by atoms with Crippen molar-refractivity contribution >= 4 is 5.97 Å². The molecule has 0 amide bonds. The van der Waals surface area contributed by atoms with E-state index in [1.54, 1.807) is 0 Å². The largest absolute Gasteiger partial charge is 0.481 e. The molecule has 1 fully saturated rings. The number of carbonyl (C=O) groups is 1. The number of unbranched alkanes of at least 4 members (excludes halogenated alkanes) is 6. The Hall–Kier alpha value is -0.570. The van der Waals surface area contributed by atoms with Crippen LogP contribution in [0.25, 0.3) is 0 Å². The monoisotopic (exact) mass is 256 g/mol. The molecule has 1 saturated heterocycles. The molecule has 0 aromatic rings.